The molecule has 0 aliphatic rings. The second-order valence-corrected chi connectivity index (χ2v) is 7.57. The molecular formula is C17H30N4O8S. The minimum Gasteiger partial charge on any atom is -0.481 e. The zero-order chi connectivity index (χ0) is 23.6. The minimum absolute atomic E-state index is 0.0572. The summed E-state index contributed by atoms with van der Waals surface area (Å²) in [5.74, 6) is -5.67. The number of aliphatic carboxylic acids is 2. The third-order valence-electron chi connectivity index (χ3n) is 3.93. The van der Waals surface area contributed by atoms with E-state index in [0.717, 1.165) is 0 Å². The van der Waals surface area contributed by atoms with Gasteiger partial charge in [0.2, 0.25) is 17.7 Å². The van der Waals surface area contributed by atoms with Crippen LogP contribution in [0.4, 0.5) is 0 Å². The molecule has 0 aliphatic carbocycles. The summed E-state index contributed by atoms with van der Waals surface area (Å²) in [6.45, 7) is 4.69. The van der Waals surface area contributed by atoms with Crippen molar-refractivity contribution in [3.05, 3.63) is 0 Å². The van der Waals surface area contributed by atoms with Gasteiger partial charge in [0.1, 0.15) is 18.1 Å². The van der Waals surface area contributed by atoms with Crippen molar-refractivity contribution < 1.29 is 39.3 Å². The van der Waals surface area contributed by atoms with Crippen molar-refractivity contribution in [1.29, 1.82) is 0 Å². The molecule has 3 amide bonds. The van der Waals surface area contributed by atoms with E-state index in [1.807, 2.05) is 0 Å². The fourth-order valence-electron chi connectivity index (χ4n) is 2.36. The topological polar surface area (TPSA) is 208 Å². The van der Waals surface area contributed by atoms with Crippen LogP contribution in [0.3, 0.4) is 0 Å². The summed E-state index contributed by atoms with van der Waals surface area (Å²) in [6.07, 6.45) is -2.14. The Labute approximate surface area is 179 Å². The maximum absolute atomic E-state index is 12.5. The van der Waals surface area contributed by atoms with Crippen LogP contribution in [0.2, 0.25) is 0 Å². The highest BCUT2D eigenvalue weighted by Gasteiger charge is 2.33. The SMILES string of the molecule is CC(C)CC(NC(=O)C(NC(=O)C(CC(=O)O)NC(=O)C(N)CS)C(C)O)C(=O)O. The second-order valence-electron chi connectivity index (χ2n) is 7.20. The molecule has 0 bridgehead atoms. The smallest absolute Gasteiger partial charge is 0.326 e. The molecule has 172 valence electrons. The molecule has 0 aromatic heterocycles. The highest BCUT2D eigenvalue weighted by Crippen LogP contribution is 2.06. The number of carboxylic acids is 2. The molecule has 8 N–H and O–H groups in total. The molecule has 13 heteroatoms. The van der Waals surface area contributed by atoms with E-state index in [2.05, 4.69) is 28.6 Å². The third kappa shape index (κ3) is 9.89. The zero-order valence-corrected chi connectivity index (χ0v) is 17.9. The Hall–Kier alpha value is -2.38. The Morgan fingerprint density at radius 3 is 1.83 bits per heavy atom. The molecule has 0 aliphatic heterocycles. The van der Waals surface area contributed by atoms with Crippen molar-refractivity contribution in [2.75, 3.05) is 5.75 Å². The van der Waals surface area contributed by atoms with E-state index < -0.39 is 66.4 Å². The summed E-state index contributed by atoms with van der Waals surface area (Å²) < 4.78 is 0. The van der Waals surface area contributed by atoms with Crippen LogP contribution >= 0.6 is 12.6 Å². The Balaban J connectivity index is 5.40. The molecule has 0 aromatic carbocycles. The Kier molecular flexibility index (Phi) is 12.0. The molecule has 5 atom stereocenters. The van der Waals surface area contributed by atoms with Crippen molar-refractivity contribution in [1.82, 2.24) is 16.0 Å². The molecule has 0 heterocycles. The first-order valence-corrected chi connectivity index (χ1v) is 9.83. The molecule has 30 heavy (non-hydrogen) atoms. The highest BCUT2D eigenvalue weighted by molar-refractivity contribution is 7.80. The largest absolute Gasteiger partial charge is 0.481 e. The Morgan fingerprint density at radius 1 is 0.900 bits per heavy atom. The lowest BCUT2D eigenvalue weighted by Gasteiger charge is -2.26. The lowest BCUT2D eigenvalue weighted by molar-refractivity contribution is -0.144. The summed E-state index contributed by atoms with van der Waals surface area (Å²) in [5, 5.41) is 34.6. The number of nitrogens with two attached hydrogens (primary N) is 1. The van der Waals surface area contributed by atoms with Gasteiger partial charge in [0, 0.05) is 5.75 Å². The number of aliphatic hydroxyl groups is 1. The fraction of sp³-hybridized carbons (Fsp3) is 0.706. The monoisotopic (exact) mass is 450 g/mol. The third-order valence-corrected chi connectivity index (χ3v) is 4.32. The first-order valence-electron chi connectivity index (χ1n) is 9.20. The van der Waals surface area contributed by atoms with E-state index in [9.17, 15) is 34.2 Å². The van der Waals surface area contributed by atoms with Crippen molar-refractivity contribution in [3.8, 4) is 0 Å². The maximum Gasteiger partial charge on any atom is 0.326 e. The van der Waals surface area contributed by atoms with Gasteiger partial charge in [-0.25, -0.2) is 4.79 Å². The zero-order valence-electron chi connectivity index (χ0n) is 17.0. The number of thiol groups is 1. The van der Waals surface area contributed by atoms with Crippen LogP contribution < -0.4 is 21.7 Å². The van der Waals surface area contributed by atoms with Gasteiger partial charge >= 0.3 is 11.9 Å². The number of carboxylic acid groups (broad SMARTS) is 2. The van der Waals surface area contributed by atoms with Gasteiger partial charge in [-0.05, 0) is 19.3 Å². The van der Waals surface area contributed by atoms with Gasteiger partial charge in [-0.3, -0.25) is 19.2 Å². The second kappa shape index (κ2) is 13.0. The van der Waals surface area contributed by atoms with Crippen molar-refractivity contribution in [2.24, 2.45) is 11.7 Å². The van der Waals surface area contributed by atoms with E-state index >= 15 is 0 Å². The molecule has 5 unspecified atom stereocenters. The maximum atomic E-state index is 12.5. The molecule has 0 saturated heterocycles. The van der Waals surface area contributed by atoms with Crippen LogP contribution in [-0.4, -0.2) is 81.0 Å². The first kappa shape index (κ1) is 27.6. The van der Waals surface area contributed by atoms with E-state index in [-0.39, 0.29) is 18.1 Å². The van der Waals surface area contributed by atoms with Crippen LogP contribution in [-0.2, 0) is 24.0 Å². The molecule has 0 radical (unpaired) electrons. The molecule has 0 fully saturated rings. The number of hydrogen-bond acceptors (Lipinski definition) is 8. The normalized spacial score (nSPS) is 16.0. The summed E-state index contributed by atoms with van der Waals surface area (Å²) in [6, 6.07) is -5.52. The number of hydrogen-bond donors (Lipinski definition) is 8. The number of nitrogens with one attached hydrogen (secondary N) is 3. The average Bonchev–Trinajstić information content (AvgIpc) is 2.62. The molecular weight excluding hydrogens is 420 g/mol. The summed E-state index contributed by atoms with van der Waals surface area (Å²) in [7, 11) is 0. The van der Waals surface area contributed by atoms with Gasteiger partial charge in [0.25, 0.3) is 0 Å². The molecule has 0 rings (SSSR count). The first-order chi connectivity index (χ1) is 13.8. The van der Waals surface area contributed by atoms with E-state index in [4.69, 9.17) is 10.8 Å². The molecule has 0 saturated carbocycles. The lowest BCUT2D eigenvalue weighted by atomic mass is 10.0. The number of carbonyl (C=O) groups excluding carboxylic acids is 3. The van der Waals surface area contributed by atoms with Crippen LogP contribution in [0.1, 0.15) is 33.6 Å². The van der Waals surface area contributed by atoms with Gasteiger partial charge in [0.15, 0.2) is 0 Å². The standard InChI is InChI=1S/C17H30N4O8S/c1-7(2)4-11(17(28)29)20-16(27)13(8(3)22)21-15(26)10(5-12(23)24)19-14(25)9(18)6-30/h7-11,13,22,30H,4-6,18H2,1-3H3,(H,19,25)(H,20,27)(H,21,26)(H,23,24)(H,28,29). The summed E-state index contributed by atoms with van der Waals surface area (Å²) >= 11 is 3.84. The lowest BCUT2D eigenvalue weighted by Crippen LogP contribution is -2.60. The minimum atomic E-state index is -1.58. The van der Waals surface area contributed by atoms with E-state index in [1.54, 1.807) is 13.8 Å². The van der Waals surface area contributed by atoms with Crippen LogP contribution in [0.25, 0.3) is 0 Å². The predicted octanol–water partition coefficient (Wildman–Crippen LogP) is -2.32. The predicted molar refractivity (Wildman–Crippen MR) is 109 cm³/mol. The van der Waals surface area contributed by atoms with Crippen LogP contribution in [0.15, 0.2) is 0 Å². The highest BCUT2D eigenvalue weighted by atomic mass is 32.1. The van der Waals surface area contributed by atoms with Gasteiger partial charge in [-0.15, -0.1) is 0 Å². The Bertz CT molecular complexity index is 643. The summed E-state index contributed by atoms with van der Waals surface area (Å²) in [5.41, 5.74) is 5.49. The number of rotatable bonds is 13. The van der Waals surface area contributed by atoms with Gasteiger partial charge in [-0.2, -0.15) is 12.6 Å². The van der Waals surface area contributed by atoms with Crippen LogP contribution in [0.5, 0.6) is 0 Å². The van der Waals surface area contributed by atoms with Gasteiger partial charge in [0.05, 0.1) is 18.6 Å². The van der Waals surface area contributed by atoms with Crippen molar-refractivity contribution >= 4 is 42.3 Å². The number of aliphatic hydroxyl groups excluding tert-OH is 1. The molecule has 12 nitrogen and oxygen atoms in total. The number of carbonyl (C=O) groups is 5. The van der Waals surface area contributed by atoms with Crippen molar-refractivity contribution in [2.45, 2.75) is 63.9 Å². The fourth-order valence-corrected chi connectivity index (χ4v) is 2.52. The summed E-state index contributed by atoms with van der Waals surface area (Å²) in [4.78, 5) is 59.2. The molecule has 0 spiro atoms. The van der Waals surface area contributed by atoms with Crippen LogP contribution in [0, 0.1) is 5.92 Å². The van der Waals surface area contributed by atoms with Gasteiger partial charge < -0.3 is 37.0 Å². The Morgan fingerprint density at radius 2 is 1.43 bits per heavy atom. The molecule has 0 aromatic rings. The van der Waals surface area contributed by atoms with E-state index in [1.165, 1.54) is 6.92 Å². The van der Waals surface area contributed by atoms with Gasteiger partial charge in [-0.1, -0.05) is 13.8 Å². The van der Waals surface area contributed by atoms with Crippen molar-refractivity contribution in [3.63, 3.8) is 0 Å². The van der Waals surface area contributed by atoms with E-state index in [0.29, 0.717) is 0 Å². The number of amides is 3. The quantitative estimate of drug-likeness (QED) is 0.141. The average molecular weight is 451 g/mol.